The van der Waals surface area contributed by atoms with Gasteiger partial charge in [-0.1, -0.05) is 35.6 Å². The average Bonchev–Trinajstić information content (AvgIpc) is 3.55. The maximum absolute atomic E-state index is 13.6. The van der Waals surface area contributed by atoms with Gasteiger partial charge in [-0.2, -0.15) is 0 Å². The van der Waals surface area contributed by atoms with E-state index in [9.17, 15) is 14.7 Å². The Kier molecular flexibility index (Phi) is 5.72. The van der Waals surface area contributed by atoms with E-state index in [-0.39, 0.29) is 11.3 Å². The van der Waals surface area contributed by atoms with Crippen molar-refractivity contribution in [3.8, 4) is 5.75 Å². The van der Waals surface area contributed by atoms with E-state index in [2.05, 4.69) is 4.98 Å². The number of aromatic nitrogens is 3. The second kappa shape index (κ2) is 9.11. The summed E-state index contributed by atoms with van der Waals surface area (Å²) in [7, 11) is 0. The third-order valence-electron chi connectivity index (χ3n) is 6.62. The molecule has 1 aliphatic rings. The number of benzene rings is 2. The summed E-state index contributed by atoms with van der Waals surface area (Å²) in [6, 6.07) is 17.6. The third-order valence-corrected chi connectivity index (χ3v) is 7.64. The standard InChI is InChI=1S/C29H24N4O4S/c1-4-37-19-11-9-18(10-12-19)25-23(26(34)24-17(3)30-22-7-5-6-14-32(22)24)27(35)28(36)33(25)29-31-20-13-8-16(2)15-21(20)38-29/h5-15,25,34H,4H2,1-3H3/b26-23+. The number of aliphatic hydroxyl groups excluding tert-OH is 1. The number of hydrogen-bond donors (Lipinski definition) is 1. The van der Waals surface area contributed by atoms with Gasteiger partial charge >= 0.3 is 5.91 Å². The summed E-state index contributed by atoms with van der Waals surface area (Å²) in [5.41, 5.74) is 3.98. The topological polar surface area (TPSA) is 97.0 Å². The maximum atomic E-state index is 13.6. The molecule has 8 nitrogen and oxygen atoms in total. The first-order valence-corrected chi connectivity index (χ1v) is 13.0. The summed E-state index contributed by atoms with van der Waals surface area (Å²) < 4.78 is 8.22. The minimum Gasteiger partial charge on any atom is -0.505 e. The highest BCUT2D eigenvalue weighted by Crippen LogP contribution is 2.45. The Morgan fingerprint density at radius 1 is 1.05 bits per heavy atom. The number of imidazole rings is 1. The van der Waals surface area contributed by atoms with Gasteiger partial charge in [0.05, 0.1) is 34.1 Å². The van der Waals surface area contributed by atoms with Crippen LogP contribution in [0.2, 0.25) is 0 Å². The van der Waals surface area contributed by atoms with Crippen molar-refractivity contribution in [3.05, 3.63) is 94.9 Å². The lowest BCUT2D eigenvalue weighted by Gasteiger charge is -2.23. The molecular weight excluding hydrogens is 500 g/mol. The number of carbonyl (C=O) groups is 2. The van der Waals surface area contributed by atoms with Crippen LogP contribution in [0.1, 0.15) is 35.5 Å². The number of amides is 1. The van der Waals surface area contributed by atoms with Crippen molar-refractivity contribution in [2.45, 2.75) is 26.8 Å². The van der Waals surface area contributed by atoms with E-state index in [1.807, 2.05) is 50.2 Å². The summed E-state index contributed by atoms with van der Waals surface area (Å²) >= 11 is 1.34. The SMILES string of the molecule is CCOc1ccc(C2/C(=C(\O)c3c(C)nc4ccccn34)C(=O)C(=O)N2c2nc3ccc(C)cc3s2)cc1. The lowest BCUT2D eigenvalue weighted by atomic mass is 9.96. The second-order valence-corrected chi connectivity index (χ2v) is 10.1. The highest BCUT2D eigenvalue weighted by Gasteiger charge is 2.48. The Balaban J connectivity index is 1.58. The van der Waals surface area contributed by atoms with Crippen molar-refractivity contribution in [1.29, 1.82) is 0 Å². The fraction of sp³-hybridized carbons (Fsp3) is 0.172. The third kappa shape index (κ3) is 3.74. The first kappa shape index (κ1) is 23.9. The van der Waals surface area contributed by atoms with Gasteiger partial charge in [0.25, 0.3) is 5.78 Å². The molecule has 2 aromatic carbocycles. The number of fused-ring (bicyclic) bond motifs is 2. The monoisotopic (exact) mass is 524 g/mol. The summed E-state index contributed by atoms with van der Waals surface area (Å²) in [5.74, 6) is -1.13. The largest absolute Gasteiger partial charge is 0.505 e. The summed E-state index contributed by atoms with van der Waals surface area (Å²) in [6.45, 7) is 6.16. The lowest BCUT2D eigenvalue weighted by molar-refractivity contribution is -0.132. The quantitative estimate of drug-likeness (QED) is 0.183. The molecule has 9 heteroatoms. The molecule has 3 aromatic heterocycles. The normalized spacial score (nSPS) is 17.1. The molecule has 5 aromatic rings. The number of pyridine rings is 1. The zero-order valence-electron chi connectivity index (χ0n) is 21.0. The highest BCUT2D eigenvalue weighted by molar-refractivity contribution is 7.22. The van der Waals surface area contributed by atoms with E-state index >= 15 is 0 Å². The fourth-order valence-electron chi connectivity index (χ4n) is 4.91. The zero-order chi connectivity index (χ0) is 26.6. The number of ketones is 1. The number of nitrogens with zero attached hydrogens (tertiary/aromatic N) is 4. The van der Waals surface area contributed by atoms with Crippen LogP contribution in [0.15, 0.2) is 72.4 Å². The van der Waals surface area contributed by atoms with Gasteiger partial charge < -0.3 is 9.84 Å². The number of carbonyl (C=O) groups excluding carboxylic acids is 2. The van der Waals surface area contributed by atoms with E-state index in [0.29, 0.717) is 40.1 Å². The zero-order valence-corrected chi connectivity index (χ0v) is 21.8. The van der Waals surface area contributed by atoms with Crippen LogP contribution in [0.3, 0.4) is 0 Å². The van der Waals surface area contributed by atoms with Crippen molar-refractivity contribution in [3.63, 3.8) is 0 Å². The molecule has 1 fully saturated rings. The van der Waals surface area contributed by atoms with Crippen LogP contribution in [-0.2, 0) is 9.59 Å². The molecule has 4 heterocycles. The van der Waals surface area contributed by atoms with Crippen LogP contribution < -0.4 is 9.64 Å². The average molecular weight is 525 g/mol. The molecular formula is C29H24N4O4S. The molecule has 190 valence electrons. The first-order valence-electron chi connectivity index (χ1n) is 12.2. The van der Waals surface area contributed by atoms with E-state index < -0.39 is 17.7 Å². The van der Waals surface area contributed by atoms with Crippen molar-refractivity contribution >= 4 is 49.8 Å². The molecule has 1 amide bonds. The minimum absolute atomic E-state index is 0.0108. The molecule has 1 unspecified atom stereocenters. The van der Waals surface area contributed by atoms with Crippen molar-refractivity contribution in [1.82, 2.24) is 14.4 Å². The lowest BCUT2D eigenvalue weighted by Crippen LogP contribution is -2.29. The Hall–Kier alpha value is -4.50. The molecule has 1 aliphatic heterocycles. The Morgan fingerprint density at radius 3 is 2.61 bits per heavy atom. The van der Waals surface area contributed by atoms with Crippen molar-refractivity contribution < 1.29 is 19.4 Å². The van der Waals surface area contributed by atoms with Crippen LogP contribution in [0.25, 0.3) is 21.6 Å². The number of anilines is 1. The molecule has 1 atom stereocenters. The van der Waals surface area contributed by atoms with Gasteiger partial charge in [-0.05, 0) is 68.3 Å². The Morgan fingerprint density at radius 2 is 1.84 bits per heavy atom. The van der Waals surface area contributed by atoms with Gasteiger partial charge in [0.1, 0.15) is 17.1 Å². The van der Waals surface area contributed by atoms with Crippen LogP contribution in [-0.4, -0.2) is 37.8 Å². The molecule has 6 rings (SSSR count). The van der Waals surface area contributed by atoms with Gasteiger partial charge in [0.2, 0.25) is 0 Å². The number of thiazole rings is 1. The number of rotatable bonds is 5. The molecule has 0 radical (unpaired) electrons. The number of aliphatic hydroxyl groups is 1. The molecule has 1 saturated heterocycles. The van der Waals surface area contributed by atoms with E-state index in [1.165, 1.54) is 16.2 Å². The van der Waals surface area contributed by atoms with Crippen LogP contribution in [0, 0.1) is 13.8 Å². The Labute approximate surface area is 222 Å². The molecule has 0 bridgehead atoms. The fourth-order valence-corrected chi connectivity index (χ4v) is 6.00. The minimum atomic E-state index is -0.888. The van der Waals surface area contributed by atoms with Gasteiger partial charge in [0.15, 0.2) is 10.9 Å². The predicted molar refractivity (Wildman–Crippen MR) is 147 cm³/mol. The summed E-state index contributed by atoms with van der Waals surface area (Å²) in [6.07, 6.45) is 1.77. The van der Waals surface area contributed by atoms with E-state index in [0.717, 1.165) is 15.8 Å². The van der Waals surface area contributed by atoms with Crippen molar-refractivity contribution in [2.24, 2.45) is 0 Å². The summed E-state index contributed by atoms with van der Waals surface area (Å²) in [4.78, 5) is 37.8. The number of Topliss-reactive ketones (excluding diaryl/α,β-unsaturated/α-hetero) is 1. The summed E-state index contributed by atoms with van der Waals surface area (Å²) in [5, 5.41) is 12.1. The highest BCUT2D eigenvalue weighted by atomic mass is 32.1. The number of hydrogen-bond acceptors (Lipinski definition) is 7. The van der Waals surface area contributed by atoms with Gasteiger partial charge in [-0.25, -0.2) is 9.97 Å². The first-order chi connectivity index (χ1) is 18.4. The molecule has 0 aliphatic carbocycles. The van der Waals surface area contributed by atoms with Crippen LogP contribution in [0.4, 0.5) is 5.13 Å². The van der Waals surface area contributed by atoms with Crippen LogP contribution >= 0.6 is 11.3 Å². The van der Waals surface area contributed by atoms with Gasteiger partial charge in [0, 0.05) is 6.20 Å². The molecule has 0 spiro atoms. The Bertz CT molecular complexity index is 1770. The number of aryl methyl sites for hydroxylation is 2. The predicted octanol–water partition coefficient (Wildman–Crippen LogP) is 5.59. The van der Waals surface area contributed by atoms with E-state index in [4.69, 9.17) is 9.72 Å². The van der Waals surface area contributed by atoms with E-state index in [1.54, 1.807) is 41.8 Å². The maximum Gasteiger partial charge on any atom is 0.301 e. The van der Waals surface area contributed by atoms with Gasteiger partial charge in [-0.15, -0.1) is 0 Å². The molecule has 1 N–H and O–H groups in total. The van der Waals surface area contributed by atoms with Crippen LogP contribution in [0.5, 0.6) is 5.75 Å². The molecule has 38 heavy (non-hydrogen) atoms. The smallest absolute Gasteiger partial charge is 0.301 e. The second-order valence-electron chi connectivity index (χ2n) is 9.11. The molecule has 0 saturated carbocycles. The van der Waals surface area contributed by atoms with Gasteiger partial charge in [-0.3, -0.25) is 18.9 Å². The number of ether oxygens (including phenoxy) is 1. The van der Waals surface area contributed by atoms with Crippen molar-refractivity contribution in [2.75, 3.05) is 11.5 Å².